The van der Waals surface area contributed by atoms with Gasteiger partial charge >= 0.3 is 5.97 Å². The number of anilines is 1. The highest BCUT2D eigenvalue weighted by Gasteiger charge is 2.26. The lowest BCUT2D eigenvalue weighted by atomic mass is 9.87. The number of hydrogen-bond acceptors (Lipinski definition) is 3. The Morgan fingerprint density at radius 2 is 1.80 bits per heavy atom. The molecule has 2 N–H and O–H groups in total. The highest BCUT2D eigenvalue weighted by molar-refractivity contribution is 7.92. The van der Waals surface area contributed by atoms with Gasteiger partial charge in [0.15, 0.2) is 0 Å². The van der Waals surface area contributed by atoms with Crippen LogP contribution in [0.15, 0.2) is 35.2 Å². The molecular formula is C17H15F2NO4S. The van der Waals surface area contributed by atoms with E-state index in [1.165, 1.54) is 6.07 Å². The smallest absolute Gasteiger partial charge is 0.338 e. The zero-order valence-electron chi connectivity index (χ0n) is 13.1. The number of fused-ring (bicyclic) bond motifs is 1. The minimum atomic E-state index is -4.40. The molecule has 0 unspecified atom stereocenters. The Labute approximate surface area is 143 Å². The van der Waals surface area contributed by atoms with Gasteiger partial charge in [-0.15, -0.1) is 0 Å². The van der Waals surface area contributed by atoms with E-state index in [2.05, 4.69) is 4.72 Å². The van der Waals surface area contributed by atoms with Gasteiger partial charge < -0.3 is 5.11 Å². The Morgan fingerprint density at radius 3 is 2.48 bits per heavy atom. The van der Waals surface area contributed by atoms with E-state index in [1.54, 1.807) is 6.07 Å². The molecule has 0 radical (unpaired) electrons. The molecule has 0 saturated carbocycles. The van der Waals surface area contributed by atoms with Crippen molar-refractivity contribution in [3.63, 3.8) is 0 Å². The third kappa shape index (κ3) is 3.34. The maximum absolute atomic E-state index is 13.8. The van der Waals surface area contributed by atoms with Gasteiger partial charge in [-0.05, 0) is 55.0 Å². The summed E-state index contributed by atoms with van der Waals surface area (Å²) in [5.74, 6) is -3.41. The highest BCUT2D eigenvalue weighted by atomic mass is 32.2. The van der Waals surface area contributed by atoms with Crippen molar-refractivity contribution in [1.82, 2.24) is 0 Å². The normalized spacial score (nSPS) is 14.0. The SMILES string of the molecule is O=C(O)c1c(NS(=O)(=O)c2ccc(F)cc2F)ccc2c1CCCC2. The standard InChI is InChI=1S/C17H15F2NO4S/c18-11-6-8-15(13(19)9-11)25(23,24)20-14-7-5-10-3-1-2-4-12(10)16(14)17(21)22/h5-9,20H,1-4H2,(H,21,22). The fraction of sp³-hybridized carbons (Fsp3) is 0.235. The third-order valence-electron chi connectivity index (χ3n) is 4.17. The van der Waals surface area contributed by atoms with Gasteiger partial charge in [-0.25, -0.2) is 22.0 Å². The molecule has 0 spiro atoms. The molecule has 0 saturated heterocycles. The topological polar surface area (TPSA) is 83.5 Å². The number of carbonyl (C=O) groups is 1. The Morgan fingerprint density at radius 1 is 1.08 bits per heavy atom. The fourth-order valence-corrected chi connectivity index (χ4v) is 4.18. The van der Waals surface area contributed by atoms with Crippen LogP contribution in [0.5, 0.6) is 0 Å². The van der Waals surface area contributed by atoms with Crippen LogP contribution in [0.3, 0.4) is 0 Å². The van der Waals surface area contributed by atoms with E-state index in [0.717, 1.165) is 37.0 Å². The number of benzene rings is 2. The molecule has 0 aliphatic heterocycles. The van der Waals surface area contributed by atoms with Crippen LogP contribution < -0.4 is 4.72 Å². The van der Waals surface area contributed by atoms with Gasteiger partial charge in [0.25, 0.3) is 10.0 Å². The van der Waals surface area contributed by atoms with Gasteiger partial charge in [-0.3, -0.25) is 4.72 Å². The summed E-state index contributed by atoms with van der Waals surface area (Å²) >= 11 is 0. The molecular weight excluding hydrogens is 352 g/mol. The van der Waals surface area contributed by atoms with Crippen LogP contribution in [-0.2, 0) is 22.9 Å². The van der Waals surface area contributed by atoms with Crippen LogP contribution >= 0.6 is 0 Å². The van der Waals surface area contributed by atoms with Crippen LogP contribution in [0.2, 0.25) is 0 Å². The molecule has 25 heavy (non-hydrogen) atoms. The molecule has 1 aliphatic carbocycles. The summed E-state index contributed by atoms with van der Waals surface area (Å²) in [6.07, 6.45) is 3.03. The summed E-state index contributed by atoms with van der Waals surface area (Å²) in [5.41, 5.74) is 1.22. The number of rotatable bonds is 4. The van der Waals surface area contributed by atoms with Crippen LogP contribution in [0, 0.1) is 11.6 Å². The maximum Gasteiger partial charge on any atom is 0.338 e. The zero-order chi connectivity index (χ0) is 18.2. The van der Waals surface area contributed by atoms with Crippen LogP contribution in [0.1, 0.15) is 34.3 Å². The van der Waals surface area contributed by atoms with Crippen molar-refractivity contribution in [2.45, 2.75) is 30.6 Å². The number of aromatic carboxylic acids is 1. The molecule has 0 amide bonds. The summed E-state index contributed by atoms with van der Waals surface area (Å²) in [5, 5.41) is 9.52. The van der Waals surface area contributed by atoms with Crippen LogP contribution in [-0.4, -0.2) is 19.5 Å². The van der Waals surface area contributed by atoms with Gasteiger partial charge in [0.1, 0.15) is 16.5 Å². The van der Waals surface area contributed by atoms with Crippen molar-refractivity contribution in [2.24, 2.45) is 0 Å². The lowest BCUT2D eigenvalue weighted by Gasteiger charge is -2.20. The summed E-state index contributed by atoms with van der Waals surface area (Å²) < 4.78 is 53.7. The molecule has 0 bridgehead atoms. The Kier molecular flexibility index (Phi) is 4.47. The summed E-state index contributed by atoms with van der Waals surface area (Å²) in [4.78, 5) is 10.9. The Balaban J connectivity index is 2.07. The molecule has 0 atom stereocenters. The fourth-order valence-electron chi connectivity index (χ4n) is 3.05. The molecule has 2 aromatic carbocycles. The van der Waals surface area contributed by atoms with E-state index in [9.17, 15) is 27.1 Å². The third-order valence-corrected chi connectivity index (χ3v) is 5.57. The quantitative estimate of drug-likeness (QED) is 0.868. The van der Waals surface area contributed by atoms with E-state index in [-0.39, 0.29) is 11.3 Å². The van der Waals surface area contributed by atoms with Crippen LogP contribution in [0.25, 0.3) is 0 Å². The predicted molar refractivity (Wildman–Crippen MR) is 87.2 cm³/mol. The Hall–Kier alpha value is -2.48. The number of halogens is 2. The second-order valence-electron chi connectivity index (χ2n) is 5.82. The van der Waals surface area contributed by atoms with Crippen molar-refractivity contribution in [3.05, 3.63) is 58.7 Å². The van der Waals surface area contributed by atoms with Gasteiger partial charge in [0.2, 0.25) is 0 Å². The van der Waals surface area contributed by atoms with Gasteiger partial charge in [0, 0.05) is 6.07 Å². The average Bonchev–Trinajstić information content (AvgIpc) is 2.53. The number of nitrogens with one attached hydrogen (secondary N) is 1. The van der Waals surface area contributed by atoms with Crippen molar-refractivity contribution in [1.29, 1.82) is 0 Å². The van der Waals surface area contributed by atoms with Gasteiger partial charge in [-0.1, -0.05) is 6.07 Å². The highest BCUT2D eigenvalue weighted by Crippen LogP contribution is 2.31. The second kappa shape index (κ2) is 6.44. The zero-order valence-corrected chi connectivity index (χ0v) is 13.9. The summed E-state index contributed by atoms with van der Waals surface area (Å²) in [6.45, 7) is 0. The van der Waals surface area contributed by atoms with Crippen molar-refractivity contribution < 1.29 is 27.1 Å². The minimum absolute atomic E-state index is 0.122. The lowest BCUT2D eigenvalue weighted by Crippen LogP contribution is -2.19. The minimum Gasteiger partial charge on any atom is -0.478 e. The molecule has 2 aromatic rings. The Bertz CT molecular complexity index is 957. The number of sulfonamides is 1. The molecule has 0 heterocycles. The first-order valence-corrected chi connectivity index (χ1v) is 9.14. The molecule has 5 nitrogen and oxygen atoms in total. The van der Waals surface area contributed by atoms with E-state index in [0.29, 0.717) is 18.1 Å². The lowest BCUT2D eigenvalue weighted by molar-refractivity contribution is 0.0696. The molecule has 132 valence electrons. The summed E-state index contributed by atoms with van der Waals surface area (Å²) in [7, 11) is -4.40. The van der Waals surface area contributed by atoms with Crippen LogP contribution in [0.4, 0.5) is 14.5 Å². The molecule has 3 rings (SSSR count). The molecule has 8 heteroatoms. The van der Waals surface area contributed by atoms with E-state index in [1.807, 2.05) is 0 Å². The molecule has 1 aliphatic rings. The monoisotopic (exact) mass is 367 g/mol. The van der Waals surface area contributed by atoms with Crippen molar-refractivity contribution in [3.8, 4) is 0 Å². The number of carboxylic acids is 1. The van der Waals surface area contributed by atoms with Crippen molar-refractivity contribution in [2.75, 3.05) is 4.72 Å². The van der Waals surface area contributed by atoms with E-state index < -0.39 is 32.5 Å². The van der Waals surface area contributed by atoms with Gasteiger partial charge in [0.05, 0.1) is 11.3 Å². The first kappa shape index (κ1) is 17.3. The predicted octanol–water partition coefficient (Wildman–Crippen LogP) is 3.34. The second-order valence-corrected chi connectivity index (χ2v) is 7.47. The molecule has 0 aromatic heterocycles. The summed E-state index contributed by atoms with van der Waals surface area (Å²) in [6, 6.07) is 5.13. The van der Waals surface area contributed by atoms with E-state index >= 15 is 0 Å². The number of hydrogen-bond donors (Lipinski definition) is 2. The first-order valence-electron chi connectivity index (χ1n) is 7.65. The largest absolute Gasteiger partial charge is 0.478 e. The maximum atomic E-state index is 13.8. The number of aryl methyl sites for hydroxylation is 1. The number of carboxylic acid groups (broad SMARTS) is 1. The van der Waals surface area contributed by atoms with Gasteiger partial charge in [-0.2, -0.15) is 0 Å². The first-order chi connectivity index (χ1) is 11.8. The van der Waals surface area contributed by atoms with Crippen molar-refractivity contribution >= 4 is 21.7 Å². The van der Waals surface area contributed by atoms with E-state index in [4.69, 9.17) is 0 Å². The average molecular weight is 367 g/mol. The molecule has 0 fully saturated rings.